The Morgan fingerprint density at radius 3 is 2.07 bits per heavy atom. The molecule has 0 aromatic heterocycles. The highest BCUT2D eigenvalue weighted by Gasteiger charge is 2.46. The van der Waals surface area contributed by atoms with Gasteiger partial charge in [-0.25, -0.2) is 4.79 Å². The van der Waals surface area contributed by atoms with Crippen LogP contribution in [-0.4, -0.2) is 24.3 Å². The molecule has 3 aromatic carbocycles. The summed E-state index contributed by atoms with van der Waals surface area (Å²) in [6, 6.07) is 26.7. The smallest absolute Gasteiger partial charge is 0.336 e. The van der Waals surface area contributed by atoms with E-state index in [1.165, 1.54) is 18.9 Å². The molecule has 0 spiro atoms. The van der Waals surface area contributed by atoms with E-state index < -0.39 is 16.8 Å². The lowest BCUT2D eigenvalue weighted by Crippen LogP contribution is -2.44. The number of esters is 1. The average molecular weight is 413 g/mol. The third-order valence-electron chi connectivity index (χ3n) is 4.59. The molecule has 3 rings (SSSR count). The number of aliphatic hydroxyl groups is 1. The Bertz CT molecular complexity index is 900. The predicted molar refractivity (Wildman–Crippen MR) is 114 cm³/mol. The molecule has 0 saturated carbocycles. The van der Waals surface area contributed by atoms with E-state index in [2.05, 4.69) is 0 Å². The molecule has 5 heteroatoms. The topological polar surface area (TPSA) is 46.5 Å². The van der Waals surface area contributed by atoms with E-state index in [1.54, 1.807) is 12.1 Å². The maximum Gasteiger partial charge on any atom is 0.336 e. The van der Waals surface area contributed by atoms with E-state index in [1.807, 2.05) is 72.8 Å². The molecule has 0 fully saturated rings. The van der Waals surface area contributed by atoms with Crippen molar-refractivity contribution in [1.82, 2.24) is 0 Å². The first kappa shape index (κ1) is 20.5. The number of benzene rings is 3. The van der Waals surface area contributed by atoms with Crippen LogP contribution in [0.15, 0.2) is 84.9 Å². The highest BCUT2D eigenvalue weighted by molar-refractivity contribution is 7.99. The SMILES string of the molecule is COC(=O)[C@H](O)[C@@](SCc1ccccc1)(c1ccccc1)c1ccc(Cl)cc1. The van der Waals surface area contributed by atoms with Crippen molar-refractivity contribution in [2.45, 2.75) is 16.6 Å². The van der Waals surface area contributed by atoms with Crippen LogP contribution in [0, 0.1) is 0 Å². The number of methoxy groups -OCH3 is 1. The molecule has 0 saturated heterocycles. The van der Waals surface area contributed by atoms with Crippen LogP contribution in [0.1, 0.15) is 16.7 Å². The molecule has 2 atom stereocenters. The minimum Gasteiger partial charge on any atom is -0.467 e. The summed E-state index contributed by atoms with van der Waals surface area (Å²) < 4.78 is 3.86. The molecule has 0 unspecified atom stereocenters. The Morgan fingerprint density at radius 1 is 0.964 bits per heavy atom. The summed E-state index contributed by atoms with van der Waals surface area (Å²) in [5.74, 6) is -0.0776. The van der Waals surface area contributed by atoms with Crippen LogP contribution in [0.4, 0.5) is 0 Å². The molecule has 144 valence electrons. The quantitative estimate of drug-likeness (QED) is 0.551. The van der Waals surface area contributed by atoms with Gasteiger partial charge in [0.1, 0.15) is 4.75 Å². The van der Waals surface area contributed by atoms with E-state index in [-0.39, 0.29) is 0 Å². The Balaban J connectivity index is 2.15. The first-order valence-corrected chi connectivity index (χ1v) is 10.2. The molecule has 0 aliphatic rings. The van der Waals surface area contributed by atoms with Crippen molar-refractivity contribution in [1.29, 1.82) is 0 Å². The van der Waals surface area contributed by atoms with Crippen LogP contribution in [0.3, 0.4) is 0 Å². The Labute approximate surface area is 174 Å². The number of carbonyl (C=O) groups excluding carboxylic acids is 1. The summed E-state index contributed by atoms with van der Waals surface area (Å²) in [5.41, 5.74) is 2.69. The highest BCUT2D eigenvalue weighted by Crippen LogP contribution is 2.47. The third-order valence-corrected chi connectivity index (χ3v) is 6.47. The lowest BCUT2D eigenvalue weighted by Gasteiger charge is -2.37. The zero-order valence-corrected chi connectivity index (χ0v) is 17.0. The van der Waals surface area contributed by atoms with E-state index in [0.29, 0.717) is 10.8 Å². The van der Waals surface area contributed by atoms with Crippen LogP contribution < -0.4 is 0 Å². The minimum atomic E-state index is -1.39. The maximum absolute atomic E-state index is 12.5. The summed E-state index contributed by atoms with van der Waals surface area (Å²) in [5, 5.41) is 11.7. The van der Waals surface area contributed by atoms with Crippen LogP contribution in [0.5, 0.6) is 0 Å². The number of rotatable bonds is 7. The number of ether oxygens (including phenoxy) is 1. The number of carbonyl (C=O) groups is 1. The van der Waals surface area contributed by atoms with Crippen molar-refractivity contribution in [2.24, 2.45) is 0 Å². The number of halogens is 1. The molecule has 0 bridgehead atoms. The fourth-order valence-electron chi connectivity index (χ4n) is 3.16. The van der Waals surface area contributed by atoms with Crippen LogP contribution in [0.2, 0.25) is 5.02 Å². The standard InChI is InChI=1S/C23H21ClO3S/c1-27-22(26)21(25)23(18-10-6-3-7-11-18,19-12-14-20(24)15-13-19)28-16-17-8-4-2-5-9-17/h2-15,21,25H,16H2,1H3/t21-,23+/m0/s1. The molecule has 0 aliphatic heterocycles. The fourth-order valence-corrected chi connectivity index (χ4v) is 4.73. The van der Waals surface area contributed by atoms with Gasteiger partial charge in [-0.1, -0.05) is 84.4 Å². The van der Waals surface area contributed by atoms with Gasteiger partial charge in [0.15, 0.2) is 6.10 Å². The molecule has 28 heavy (non-hydrogen) atoms. The van der Waals surface area contributed by atoms with Gasteiger partial charge in [0.2, 0.25) is 0 Å². The molecular formula is C23H21ClO3S. The van der Waals surface area contributed by atoms with E-state index in [4.69, 9.17) is 16.3 Å². The largest absolute Gasteiger partial charge is 0.467 e. The van der Waals surface area contributed by atoms with Gasteiger partial charge in [-0.05, 0) is 28.8 Å². The summed E-state index contributed by atoms with van der Waals surface area (Å²) in [6.07, 6.45) is -1.39. The van der Waals surface area contributed by atoms with Crippen molar-refractivity contribution in [3.05, 3.63) is 107 Å². The van der Waals surface area contributed by atoms with Crippen molar-refractivity contribution in [3.63, 3.8) is 0 Å². The Kier molecular flexibility index (Phi) is 6.79. The van der Waals surface area contributed by atoms with Crippen molar-refractivity contribution in [3.8, 4) is 0 Å². The molecule has 1 N–H and O–H groups in total. The van der Waals surface area contributed by atoms with E-state index >= 15 is 0 Å². The van der Waals surface area contributed by atoms with Crippen molar-refractivity contribution < 1.29 is 14.6 Å². The molecule has 0 amide bonds. The van der Waals surface area contributed by atoms with Gasteiger partial charge in [-0.3, -0.25) is 0 Å². The van der Waals surface area contributed by atoms with E-state index in [0.717, 1.165) is 16.7 Å². The number of aliphatic hydroxyl groups excluding tert-OH is 1. The lowest BCUT2D eigenvalue weighted by atomic mass is 9.85. The first-order valence-electron chi connectivity index (χ1n) is 8.83. The maximum atomic E-state index is 12.5. The number of hydrogen-bond donors (Lipinski definition) is 1. The second-order valence-electron chi connectivity index (χ2n) is 6.31. The van der Waals surface area contributed by atoms with Gasteiger partial charge in [0.25, 0.3) is 0 Å². The second kappa shape index (κ2) is 9.28. The molecule has 0 heterocycles. The Morgan fingerprint density at radius 2 is 1.50 bits per heavy atom. The summed E-state index contributed by atoms with van der Waals surface area (Å²) >= 11 is 7.58. The lowest BCUT2D eigenvalue weighted by molar-refractivity contribution is -0.151. The van der Waals surface area contributed by atoms with Gasteiger partial charge < -0.3 is 9.84 Å². The summed E-state index contributed by atoms with van der Waals surface area (Å²) in [6.45, 7) is 0. The van der Waals surface area contributed by atoms with Gasteiger partial charge in [0, 0.05) is 10.8 Å². The zero-order chi connectivity index (χ0) is 20.0. The number of thioether (sulfide) groups is 1. The van der Waals surface area contributed by atoms with Crippen LogP contribution >= 0.6 is 23.4 Å². The van der Waals surface area contributed by atoms with Gasteiger partial charge in [0.05, 0.1) is 7.11 Å². The normalized spacial score (nSPS) is 14.1. The van der Waals surface area contributed by atoms with Crippen molar-refractivity contribution >= 4 is 29.3 Å². The average Bonchev–Trinajstić information content (AvgIpc) is 2.76. The van der Waals surface area contributed by atoms with Gasteiger partial charge in [-0.15, -0.1) is 11.8 Å². The molecular weight excluding hydrogens is 392 g/mol. The highest BCUT2D eigenvalue weighted by atomic mass is 35.5. The summed E-state index contributed by atoms with van der Waals surface area (Å²) in [7, 11) is 1.28. The van der Waals surface area contributed by atoms with E-state index in [9.17, 15) is 9.90 Å². The van der Waals surface area contributed by atoms with Crippen LogP contribution in [-0.2, 0) is 20.0 Å². The van der Waals surface area contributed by atoms with Crippen LogP contribution in [0.25, 0.3) is 0 Å². The minimum absolute atomic E-state index is 0.589. The molecule has 0 radical (unpaired) electrons. The fraction of sp³-hybridized carbons (Fsp3) is 0.174. The zero-order valence-electron chi connectivity index (χ0n) is 15.4. The predicted octanol–water partition coefficient (Wildman–Crippen LogP) is 5.05. The third kappa shape index (κ3) is 4.25. The molecule has 3 aromatic rings. The summed E-state index contributed by atoms with van der Waals surface area (Å²) in [4.78, 5) is 12.5. The van der Waals surface area contributed by atoms with Gasteiger partial charge >= 0.3 is 5.97 Å². The Hall–Kier alpha value is -2.27. The number of hydrogen-bond acceptors (Lipinski definition) is 4. The molecule has 0 aliphatic carbocycles. The van der Waals surface area contributed by atoms with Gasteiger partial charge in [-0.2, -0.15) is 0 Å². The second-order valence-corrected chi connectivity index (χ2v) is 7.97. The molecule has 3 nitrogen and oxygen atoms in total. The first-order chi connectivity index (χ1) is 13.6. The van der Waals surface area contributed by atoms with Crippen molar-refractivity contribution in [2.75, 3.05) is 7.11 Å². The monoisotopic (exact) mass is 412 g/mol.